The number of nitrogens with zero attached hydrogens (tertiary/aromatic N) is 4. The first kappa shape index (κ1) is 16.4. The van der Waals surface area contributed by atoms with Gasteiger partial charge in [0.15, 0.2) is 0 Å². The first-order valence-electron chi connectivity index (χ1n) is 8.50. The van der Waals surface area contributed by atoms with E-state index in [2.05, 4.69) is 32.6 Å². The van der Waals surface area contributed by atoms with Gasteiger partial charge in [0.25, 0.3) is 0 Å². The third-order valence-corrected chi connectivity index (χ3v) is 4.49. The molecule has 3 aromatic rings. The molecule has 1 aliphatic heterocycles. The molecule has 1 atom stereocenters. The highest BCUT2D eigenvalue weighted by atomic mass is 16.5. The Labute approximate surface area is 151 Å². The van der Waals surface area contributed by atoms with Crippen LogP contribution in [-0.4, -0.2) is 39.0 Å². The van der Waals surface area contributed by atoms with Crippen molar-refractivity contribution in [2.24, 2.45) is 0 Å². The van der Waals surface area contributed by atoms with E-state index in [0.717, 1.165) is 0 Å². The second-order valence-electron chi connectivity index (χ2n) is 6.33. The normalized spacial score (nSPS) is 16.1. The molecule has 7 heteroatoms. The molecular weight excluding hydrogens is 330 g/mol. The van der Waals surface area contributed by atoms with E-state index in [9.17, 15) is 4.79 Å². The number of benzene rings is 1. The van der Waals surface area contributed by atoms with E-state index in [4.69, 9.17) is 4.52 Å². The largest absolute Gasteiger partial charge is 0.337 e. The Morgan fingerprint density at radius 3 is 2.85 bits per heavy atom. The summed E-state index contributed by atoms with van der Waals surface area (Å²) in [5, 5.41) is 7.24. The second-order valence-corrected chi connectivity index (χ2v) is 6.33. The lowest BCUT2D eigenvalue weighted by Gasteiger charge is -2.28. The summed E-state index contributed by atoms with van der Waals surface area (Å²) >= 11 is 0. The van der Waals surface area contributed by atoms with Crippen molar-refractivity contribution in [3.63, 3.8) is 0 Å². The van der Waals surface area contributed by atoms with E-state index in [1.165, 1.54) is 11.1 Å². The van der Waals surface area contributed by atoms with Crippen molar-refractivity contribution in [3.05, 3.63) is 65.7 Å². The number of carbonyl (C=O) groups excluding carboxylic acids is 1. The third kappa shape index (κ3) is 3.34. The highest BCUT2D eigenvalue weighted by molar-refractivity contribution is 5.82. The van der Waals surface area contributed by atoms with Gasteiger partial charge in [-0.1, -0.05) is 35.5 Å². The smallest absolute Gasteiger partial charge is 0.246 e. The Kier molecular flexibility index (Phi) is 4.45. The Bertz CT molecular complexity index is 909. The summed E-state index contributed by atoms with van der Waals surface area (Å²) in [5.74, 6) is 0.820. The maximum atomic E-state index is 12.8. The molecular formula is C19H19N5O2. The van der Waals surface area contributed by atoms with Gasteiger partial charge in [-0.05, 0) is 29.7 Å². The number of aromatic nitrogens is 3. The minimum absolute atomic E-state index is 0.0112. The number of nitrogens with one attached hydrogen (secondary N) is 1. The van der Waals surface area contributed by atoms with E-state index in [1.807, 2.05) is 30.3 Å². The predicted octanol–water partition coefficient (Wildman–Crippen LogP) is 1.80. The molecule has 0 radical (unpaired) electrons. The zero-order chi connectivity index (χ0) is 17.9. The van der Waals surface area contributed by atoms with Crippen LogP contribution in [0.15, 0.2) is 53.2 Å². The van der Waals surface area contributed by atoms with Crippen molar-refractivity contribution < 1.29 is 9.32 Å². The number of hydrogen-bond donors (Lipinski definition) is 1. The molecule has 0 spiro atoms. The van der Waals surface area contributed by atoms with Crippen molar-refractivity contribution in [2.75, 3.05) is 7.05 Å². The van der Waals surface area contributed by atoms with Crippen LogP contribution in [0.5, 0.6) is 0 Å². The van der Waals surface area contributed by atoms with Crippen molar-refractivity contribution >= 4 is 5.91 Å². The summed E-state index contributed by atoms with van der Waals surface area (Å²) in [4.78, 5) is 22.9. The van der Waals surface area contributed by atoms with Crippen molar-refractivity contribution in [3.8, 4) is 11.5 Å². The number of rotatable bonds is 4. The van der Waals surface area contributed by atoms with Gasteiger partial charge in [0.05, 0.1) is 12.6 Å². The SMILES string of the molecule is CN(Cc1nc(-c2ccccn2)no1)C(=O)[C@H]1Cc2ccccc2CN1. The highest BCUT2D eigenvalue weighted by Crippen LogP contribution is 2.18. The van der Waals surface area contributed by atoms with Crippen molar-refractivity contribution in [1.82, 2.24) is 25.3 Å². The molecule has 3 heterocycles. The van der Waals surface area contributed by atoms with Gasteiger partial charge in [0.1, 0.15) is 5.69 Å². The van der Waals surface area contributed by atoms with Gasteiger partial charge in [-0.3, -0.25) is 9.78 Å². The fourth-order valence-electron chi connectivity index (χ4n) is 3.09. The van der Waals surface area contributed by atoms with Crippen LogP contribution >= 0.6 is 0 Å². The highest BCUT2D eigenvalue weighted by Gasteiger charge is 2.27. The van der Waals surface area contributed by atoms with Gasteiger partial charge in [-0.25, -0.2) is 0 Å². The average Bonchev–Trinajstić information content (AvgIpc) is 3.16. The number of pyridine rings is 1. The molecule has 7 nitrogen and oxygen atoms in total. The fourth-order valence-corrected chi connectivity index (χ4v) is 3.09. The lowest BCUT2D eigenvalue weighted by atomic mass is 9.95. The number of hydrogen-bond acceptors (Lipinski definition) is 6. The lowest BCUT2D eigenvalue weighted by molar-refractivity contribution is -0.133. The van der Waals surface area contributed by atoms with Gasteiger partial charge in [-0.2, -0.15) is 4.98 Å². The summed E-state index contributed by atoms with van der Waals surface area (Å²) in [5.41, 5.74) is 3.10. The summed E-state index contributed by atoms with van der Waals surface area (Å²) in [6.45, 7) is 0.962. The number of fused-ring (bicyclic) bond motifs is 1. The Morgan fingerprint density at radius 2 is 2.04 bits per heavy atom. The maximum absolute atomic E-state index is 12.8. The third-order valence-electron chi connectivity index (χ3n) is 4.49. The molecule has 1 amide bonds. The van der Waals surface area contributed by atoms with Crippen LogP contribution in [0.2, 0.25) is 0 Å². The summed E-state index contributed by atoms with van der Waals surface area (Å²) in [6, 6.07) is 13.4. The minimum Gasteiger partial charge on any atom is -0.337 e. The Balaban J connectivity index is 1.42. The average molecular weight is 349 g/mol. The van der Waals surface area contributed by atoms with E-state index >= 15 is 0 Å². The molecule has 26 heavy (non-hydrogen) atoms. The van der Waals surface area contributed by atoms with E-state index in [0.29, 0.717) is 30.4 Å². The Morgan fingerprint density at radius 1 is 1.23 bits per heavy atom. The zero-order valence-electron chi connectivity index (χ0n) is 14.4. The van der Waals surface area contributed by atoms with Crippen LogP contribution < -0.4 is 5.32 Å². The zero-order valence-corrected chi connectivity index (χ0v) is 14.4. The van der Waals surface area contributed by atoms with Crippen molar-refractivity contribution in [1.29, 1.82) is 0 Å². The minimum atomic E-state index is -0.243. The fraction of sp³-hybridized carbons (Fsp3) is 0.263. The number of likely N-dealkylation sites (N-methyl/N-ethyl adjacent to an activating group) is 1. The molecule has 0 fully saturated rings. The van der Waals surface area contributed by atoms with Gasteiger partial charge in [-0.15, -0.1) is 0 Å². The van der Waals surface area contributed by atoms with Gasteiger partial charge >= 0.3 is 0 Å². The van der Waals surface area contributed by atoms with Crippen LogP contribution in [0.25, 0.3) is 11.5 Å². The summed E-state index contributed by atoms with van der Waals surface area (Å²) in [6.07, 6.45) is 2.36. The van der Waals surface area contributed by atoms with Crippen LogP contribution in [0.3, 0.4) is 0 Å². The summed E-state index contributed by atoms with van der Waals surface area (Å²) < 4.78 is 5.27. The van der Waals surface area contributed by atoms with E-state index < -0.39 is 0 Å². The predicted molar refractivity (Wildman–Crippen MR) is 94.8 cm³/mol. The molecule has 4 rings (SSSR count). The molecule has 0 saturated heterocycles. The molecule has 0 saturated carbocycles. The quantitative estimate of drug-likeness (QED) is 0.773. The monoisotopic (exact) mass is 349 g/mol. The molecule has 2 aromatic heterocycles. The van der Waals surface area contributed by atoms with Gasteiger partial charge in [0.2, 0.25) is 17.6 Å². The number of amides is 1. The van der Waals surface area contributed by atoms with Crippen LogP contribution in [0.4, 0.5) is 0 Å². The van der Waals surface area contributed by atoms with Gasteiger partial charge in [0, 0.05) is 19.8 Å². The topological polar surface area (TPSA) is 84.2 Å². The molecule has 1 aliphatic rings. The summed E-state index contributed by atoms with van der Waals surface area (Å²) in [7, 11) is 1.75. The molecule has 1 aromatic carbocycles. The Hall–Kier alpha value is -3.06. The maximum Gasteiger partial charge on any atom is 0.246 e. The van der Waals surface area contributed by atoms with Crippen LogP contribution in [-0.2, 0) is 24.3 Å². The number of carbonyl (C=O) groups is 1. The first-order chi connectivity index (χ1) is 12.7. The van der Waals surface area contributed by atoms with Crippen molar-refractivity contribution in [2.45, 2.75) is 25.6 Å². The van der Waals surface area contributed by atoms with Crippen LogP contribution in [0.1, 0.15) is 17.0 Å². The molecule has 0 aliphatic carbocycles. The van der Waals surface area contributed by atoms with E-state index in [-0.39, 0.29) is 18.5 Å². The van der Waals surface area contributed by atoms with E-state index in [1.54, 1.807) is 18.1 Å². The standard InChI is InChI=1S/C19H19N5O2/c1-24(12-17-22-18(23-26-17)15-8-4-5-9-20-15)19(25)16-10-13-6-2-3-7-14(13)11-21-16/h2-9,16,21H,10-12H2,1H3/t16-/m1/s1. The molecule has 132 valence electrons. The molecule has 0 bridgehead atoms. The first-order valence-corrected chi connectivity index (χ1v) is 8.50. The van der Waals surface area contributed by atoms with Gasteiger partial charge < -0.3 is 14.7 Å². The second kappa shape index (κ2) is 7.05. The lowest BCUT2D eigenvalue weighted by Crippen LogP contribution is -2.48. The molecule has 1 N–H and O–H groups in total. The molecule has 0 unspecified atom stereocenters. The van der Waals surface area contributed by atoms with Crippen LogP contribution in [0, 0.1) is 0 Å².